The summed E-state index contributed by atoms with van der Waals surface area (Å²) in [6.07, 6.45) is 9.13. The second-order valence-corrected chi connectivity index (χ2v) is 5.64. The summed E-state index contributed by atoms with van der Waals surface area (Å²) >= 11 is 0. The lowest BCUT2D eigenvalue weighted by molar-refractivity contribution is 0.475. The molecule has 0 heterocycles. The van der Waals surface area contributed by atoms with E-state index in [2.05, 4.69) is 44.4 Å². The summed E-state index contributed by atoms with van der Waals surface area (Å²) in [5, 5.41) is 0. The standard InChI is InChI=1S/C17H30N2/c1-4-5-6-7-8-9-10-17(19-18)16-12-11-14(2)13-15(16)3/h11-13,17,19H,4-10,18H2,1-3H3. The molecule has 1 unspecified atom stereocenters. The quantitative estimate of drug-likeness (QED) is 0.389. The molecule has 0 amide bonds. The molecule has 0 radical (unpaired) electrons. The molecule has 0 bridgehead atoms. The average molecular weight is 262 g/mol. The minimum absolute atomic E-state index is 0.298. The van der Waals surface area contributed by atoms with E-state index in [1.54, 1.807) is 0 Å². The molecule has 0 aromatic heterocycles. The van der Waals surface area contributed by atoms with Crippen LogP contribution in [0.4, 0.5) is 0 Å². The summed E-state index contributed by atoms with van der Waals surface area (Å²) in [4.78, 5) is 0. The van der Waals surface area contributed by atoms with E-state index in [9.17, 15) is 0 Å². The molecule has 1 aromatic carbocycles. The van der Waals surface area contributed by atoms with Gasteiger partial charge in [-0.3, -0.25) is 11.3 Å². The van der Waals surface area contributed by atoms with Crippen molar-refractivity contribution >= 4 is 0 Å². The van der Waals surface area contributed by atoms with Crippen molar-refractivity contribution in [2.24, 2.45) is 5.84 Å². The molecule has 1 atom stereocenters. The van der Waals surface area contributed by atoms with Crippen molar-refractivity contribution in [2.45, 2.75) is 71.8 Å². The summed E-state index contributed by atoms with van der Waals surface area (Å²) in [6.45, 7) is 6.57. The molecule has 2 nitrogen and oxygen atoms in total. The van der Waals surface area contributed by atoms with E-state index in [1.807, 2.05) is 0 Å². The minimum Gasteiger partial charge on any atom is -0.271 e. The second kappa shape index (κ2) is 9.11. The van der Waals surface area contributed by atoms with E-state index in [0.717, 1.165) is 6.42 Å². The van der Waals surface area contributed by atoms with Crippen molar-refractivity contribution in [1.29, 1.82) is 0 Å². The Balaban J connectivity index is 2.40. The highest BCUT2D eigenvalue weighted by atomic mass is 15.2. The Morgan fingerprint density at radius 3 is 2.37 bits per heavy atom. The highest BCUT2D eigenvalue weighted by Crippen LogP contribution is 2.23. The largest absolute Gasteiger partial charge is 0.271 e. The first-order valence-electron chi connectivity index (χ1n) is 7.72. The van der Waals surface area contributed by atoms with E-state index >= 15 is 0 Å². The highest BCUT2D eigenvalue weighted by Gasteiger charge is 2.11. The summed E-state index contributed by atoms with van der Waals surface area (Å²) in [5.74, 6) is 5.72. The third kappa shape index (κ3) is 5.75. The Kier molecular flexibility index (Phi) is 7.76. The van der Waals surface area contributed by atoms with Gasteiger partial charge in [-0.1, -0.05) is 69.2 Å². The summed E-state index contributed by atoms with van der Waals surface area (Å²) in [6, 6.07) is 6.92. The maximum Gasteiger partial charge on any atom is 0.0462 e. The highest BCUT2D eigenvalue weighted by molar-refractivity contribution is 5.32. The maximum absolute atomic E-state index is 5.72. The number of benzene rings is 1. The minimum atomic E-state index is 0.298. The molecule has 1 rings (SSSR count). The summed E-state index contributed by atoms with van der Waals surface area (Å²) < 4.78 is 0. The Hall–Kier alpha value is -0.860. The normalized spacial score (nSPS) is 12.6. The zero-order valence-corrected chi connectivity index (χ0v) is 12.8. The van der Waals surface area contributed by atoms with E-state index in [-0.39, 0.29) is 0 Å². The van der Waals surface area contributed by atoms with E-state index < -0.39 is 0 Å². The molecule has 0 aliphatic rings. The van der Waals surface area contributed by atoms with Gasteiger partial charge in [0.05, 0.1) is 0 Å². The van der Waals surface area contributed by atoms with Crippen LogP contribution in [-0.4, -0.2) is 0 Å². The number of aryl methyl sites for hydroxylation is 2. The fourth-order valence-corrected chi connectivity index (χ4v) is 2.67. The third-order valence-corrected chi connectivity index (χ3v) is 3.85. The fourth-order valence-electron chi connectivity index (χ4n) is 2.67. The van der Waals surface area contributed by atoms with Crippen LogP contribution in [0.25, 0.3) is 0 Å². The predicted molar refractivity (Wildman–Crippen MR) is 84.0 cm³/mol. The molecule has 1 aromatic rings. The fraction of sp³-hybridized carbons (Fsp3) is 0.647. The lowest BCUT2D eigenvalue weighted by Gasteiger charge is -2.19. The van der Waals surface area contributed by atoms with Crippen LogP contribution >= 0.6 is 0 Å². The van der Waals surface area contributed by atoms with Gasteiger partial charge >= 0.3 is 0 Å². The van der Waals surface area contributed by atoms with Crippen molar-refractivity contribution < 1.29 is 0 Å². The van der Waals surface area contributed by atoms with Gasteiger partial charge in [0.2, 0.25) is 0 Å². The number of hydrazine groups is 1. The molecule has 108 valence electrons. The van der Waals surface area contributed by atoms with Crippen molar-refractivity contribution in [3.63, 3.8) is 0 Å². The molecule has 0 aliphatic heterocycles. The van der Waals surface area contributed by atoms with E-state index in [0.29, 0.717) is 6.04 Å². The first-order chi connectivity index (χ1) is 9.19. The molecule has 19 heavy (non-hydrogen) atoms. The van der Waals surface area contributed by atoms with Gasteiger partial charge in [0, 0.05) is 6.04 Å². The Bertz CT molecular complexity index is 360. The van der Waals surface area contributed by atoms with Crippen molar-refractivity contribution in [2.75, 3.05) is 0 Å². The molecule has 0 saturated heterocycles. The lowest BCUT2D eigenvalue weighted by Crippen LogP contribution is -2.28. The van der Waals surface area contributed by atoms with Crippen LogP contribution in [0.3, 0.4) is 0 Å². The van der Waals surface area contributed by atoms with Gasteiger partial charge in [-0.05, 0) is 31.4 Å². The summed E-state index contributed by atoms with van der Waals surface area (Å²) in [7, 11) is 0. The van der Waals surface area contributed by atoms with Crippen LogP contribution in [-0.2, 0) is 0 Å². The van der Waals surface area contributed by atoms with Crippen molar-refractivity contribution in [1.82, 2.24) is 5.43 Å². The third-order valence-electron chi connectivity index (χ3n) is 3.85. The van der Waals surface area contributed by atoms with Crippen LogP contribution in [0.15, 0.2) is 18.2 Å². The summed E-state index contributed by atoms with van der Waals surface area (Å²) in [5.41, 5.74) is 6.99. The zero-order valence-electron chi connectivity index (χ0n) is 12.8. The predicted octanol–water partition coefficient (Wildman–Crippen LogP) is 4.56. The molecule has 3 N–H and O–H groups in total. The van der Waals surface area contributed by atoms with Crippen molar-refractivity contribution in [3.8, 4) is 0 Å². The molecular weight excluding hydrogens is 232 g/mol. The smallest absolute Gasteiger partial charge is 0.0462 e. The number of nitrogens with one attached hydrogen (secondary N) is 1. The SMILES string of the molecule is CCCCCCCCC(NN)c1ccc(C)cc1C. The van der Waals surface area contributed by atoms with Crippen LogP contribution < -0.4 is 11.3 Å². The van der Waals surface area contributed by atoms with Gasteiger partial charge in [0.25, 0.3) is 0 Å². The Morgan fingerprint density at radius 1 is 1.05 bits per heavy atom. The molecule has 0 saturated carbocycles. The molecule has 0 spiro atoms. The van der Waals surface area contributed by atoms with E-state index in [1.165, 1.54) is 55.2 Å². The van der Waals surface area contributed by atoms with Gasteiger partial charge in [0.1, 0.15) is 0 Å². The lowest BCUT2D eigenvalue weighted by atomic mass is 9.95. The number of nitrogens with two attached hydrogens (primary N) is 1. The van der Waals surface area contributed by atoms with Gasteiger partial charge in [-0.2, -0.15) is 0 Å². The van der Waals surface area contributed by atoms with Gasteiger partial charge in [-0.25, -0.2) is 0 Å². The first kappa shape index (κ1) is 16.2. The van der Waals surface area contributed by atoms with Crippen molar-refractivity contribution in [3.05, 3.63) is 34.9 Å². The van der Waals surface area contributed by atoms with E-state index in [4.69, 9.17) is 5.84 Å². The number of hydrogen-bond donors (Lipinski definition) is 2. The first-order valence-corrected chi connectivity index (χ1v) is 7.72. The molecule has 0 aliphatic carbocycles. The van der Waals surface area contributed by atoms with Gasteiger partial charge < -0.3 is 0 Å². The number of rotatable bonds is 9. The molecular formula is C17H30N2. The topological polar surface area (TPSA) is 38.0 Å². The van der Waals surface area contributed by atoms with Crippen LogP contribution in [0.1, 0.15) is 74.6 Å². The zero-order chi connectivity index (χ0) is 14.1. The molecule has 0 fully saturated rings. The molecule has 2 heteroatoms. The van der Waals surface area contributed by atoms with Crippen LogP contribution in [0, 0.1) is 13.8 Å². The Morgan fingerprint density at radius 2 is 1.74 bits per heavy atom. The monoisotopic (exact) mass is 262 g/mol. The van der Waals surface area contributed by atoms with Crippen LogP contribution in [0.5, 0.6) is 0 Å². The maximum atomic E-state index is 5.72. The van der Waals surface area contributed by atoms with Gasteiger partial charge in [0.15, 0.2) is 0 Å². The second-order valence-electron chi connectivity index (χ2n) is 5.64. The number of hydrogen-bond acceptors (Lipinski definition) is 2. The van der Waals surface area contributed by atoms with Gasteiger partial charge in [-0.15, -0.1) is 0 Å². The number of unbranched alkanes of at least 4 members (excludes halogenated alkanes) is 5. The van der Waals surface area contributed by atoms with Crippen LogP contribution in [0.2, 0.25) is 0 Å². The Labute approximate surface area is 118 Å². The average Bonchev–Trinajstić information content (AvgIpc) is 2.39.